The lowest BCUT2D eigenvalue weighted by atomic mass is 10.3. The normalized spacial score (nSPS) is 15.2. The van der Waals surface area contributed by atoms with Crippen LogP contribution in [0.1, 0.15) is 13.8 Å². The molecule has 3 N–H and O–H groups in total. The topological polar surface area (TPSA) is 72.2 Å². The van der Waals surface area contributed by atoms with E-state index in [1.807, 2.05) is 0 Å². The van der Waals surface area contributed by atoms with Gasteiger partial charge in [-0.25, -0.2) is 0 Å². The van der Waals surface area contributed by atoms with Crippen molar-refractivity contribution < 1.29 is 9.59 Å². The number of alkyl halides is 1. The summed E-state index contributed by atoms with van der Waals surface area (Å²) >= 11 is 3.05. The highest BCUT2D eigenvalue weighted by molar-refractivity contribution is 9.10. The minimum absolute atomic E-state index is 0.240. The number of nitrogens with one attached hydrogen (secondary N) is 1. The highest BCUT2D eigenvalue weighted by Gasteiger charge is 2.14. The van der Waals surface area contributed by atoms with Crippen LogP contribution in [0.5, 0.6) is 0 Å². The number of halogens is 1. The maximum atomic E-state index is 10.9. The average Bonchev–Trinajstić information content (AvgIpc) is 1.87. The molecule has 0 heterocycles. The third kappa shape index (κ3) is 3.98. The standard InChI is InChI=1S/C6H11BrN2O2/c1-3(7)6(11)9-4(2)5(8)10/h3-4H,1-2H3,(H2,8,10)(H,9,11)/t3?,4-/m0/s1. The van der Waals surface area contributed by atoms with Gasteiger partial charge in [-0.1, -0.05) is 15.9 Å². The molecule has 2 atom stereocenters. The lowest BCUT2D eigenvalue weighted by Gasteiger charge is -2.10. The van der Waals surface area contributed by atoms with Gasteiger partial charge in [0.2, 0.25) is 11.8 Å². The molecule has 0 aliphatic heterocycles. The molecule has 0 saturated carbocycles. The fraction of sp³-hybridized carbons (Fsp3) is 0.667. The Labute approximate surface area is 73.6 Å². The fourth-order valence-electron chi connectivity index (χ4n) is 0.399. The molecule has 2 amide bonds. The molecule has 0 saturated heterocycles. The van der Waals surface area contributed by atoms with E-state index >= 15 is 0 Å². The number of amides is 2. The van der Waals surface area contributed by atoms with Gasteiger partial charge in [0.25, 0.3) is 0 Å². The first-order chi connectivity index (χ1) is 4.95. The van der Waals surface area contributed by atoms with Crippen molar-refractivity contribution in [3.63, 3.8) is 0 Å². The predicted octanol–water partition coefficient (Wildman–Crippen LogP) is -0.240. The zero-order valence-corrected chi connectivity index (χ0v) is 8.01. The molecular weight excluding hydrogens is 212 g/mol. The molecule has 1 unspecified atom stereocenters. The molecule has 0 fully saturated rings. The molecule has 0 aliphatic rings. The van der Waals surface area contributed by atoms with Crippen LogP contribution in [0.2, 0.25) is 0 Å². The van der Waals surface area contributed by atoms with Crippen LogP contribution in [-0.2, 0) is 9.59 Å². The quantitative estimate of drug-likeness (QED) is 0.648. The lowest BCUT2D eigenvalue weighted by Crippen LogP contribution is -2.44. The van der Waals surface area contributed by atoms with Crippen molar-refractivity contribution in [2.75, 3.05) is 0 Å². The van der Waals surface area contributed by atoms with Crippen molar-refractivity contribution >= 4 is 27.7 Å². The van der Waals surface area contributed by atoms with Crippen LogP contribution in [0, 0.1) is 0 Å². The number of hydrogen-bond donors (Lipinski definition) is 2. The van der Waals surface area contributed by atoms with Gasteiger partial charge in [-0.15, -0.1) is 0 Å². The van der Waals surface area contributed by atoms with Gasteiger partial charge in [0.05, 0.1) is 4.83 Å². The summed E-state index contributed by atoms with van der Waals surface area (Å²) in [6, 6.07) is -0.609. The smallest absolute Gasteiger partial charge is 0.239 e. The van der Waals surface area contributed by atoms with Gasteiger partial charge in [0.15, 0.2) is 0 Å². The number of carbonyl (C=O) groups excluding carboxylic acids is 2. The molecule has 0 rings (SSSR count). The molecule has 0 radical (unpaired) electrons. The summed E-state index contributed by atoms with van der Waals surface area (Å²) in [5.41, 5.74) is 4.92. The largest absolute Gasteiger partial charge is 0.368 e. The Bertz CT molecular complexity index is 170. The van der Waals surface area contributed by atoms with Crippen LogP contribution in [0.3, 0.4) is 0 Å². The van der Waals surface area contributed by atoms with Crippen LogP contribution in [0.4, 0.5) is 0 Å². The Morgan fingerprint density at radius 2 is 1.91 bits per heavy atom. The van der Waals surface area contributed by atoms with Crippen LogP contribution in [0.25, 0.3) is 0 Å². The van der Waals surface area contributed by atoms with Crippen molar-refractivity contribution in [2.45, 2.75) is 24.7 Å². The number of rotatable bonds is 3. The van der Waals surface area contributed by atoms with E-state index in [0.29, 0.717) is 0 Å². The SMILES string of the molecule is CC(Br)C(=O)N[C@@H](C)C(N)=O. The molecule has 0 aromatic rings. The Morgan fingerprint density at radius 1 is 1.45 bits per heavy atom. The number of hydrogen-bond acceptors (Lipinski definition) is 2. The number of primary amides is 1. The van der Waals surface area contributed by atoms with Gasteiger partial charge in [0.1, 0.15) is 6.04 Å². The van der Waals surface area contributed by atoms with E-state index in [1.165, 1.54) is 6.92 Å². The van der Waals surface area contributed by atoms with Gasteiger partial charge in [-0.2, -0.15) is 0 Å². The van der Waals surface area contributed by atoms with Crippen LogP contribution in [-0.4, -0.2) is 22.7 Å². The average molecular weight is 223 g/mol. The summed E-state index contributed by atoms with van der Waals surface area (Å²) in [6.07, 6.45) is 0. The van der Waals surface area contributed by atoms with Crippen molar-refractivity contribution in [1.82, 2.24) is 5.32 Å². The zero-order chi connectivity index (χ0) is 9.02. The van der Waals surface area contributed by atoms with Crippen molar-refractivity contribution in [2.24, 2.45) is 5.73 Å². The first-order valence-electron chi connectivity index (χ1n) is 3.19. The van der Waals surface area contributed by atoms with Crippen LogP contribution < -0.4 is 11.1 Å². The summed E-state index contributed by atoms with van der Waals surface area (Å²) in [5.74, 6) is -0.775. The summed E-state index contributed by atoms with van der Waals surface area (Å²) in [6.45, 7) is 3.21. The molecular formula is C6H11BrN2O2. The minimum atomic E-state index is -0.609. The second-order valence-electron chi connectivity index (χ2n) is 2.25. The molecule has 11 heavy (non-hydrogen) atoms. The van der Waals surface area contributed by atoms with Crippen LogP contribution in [0.15, 0.2) is 0 Å². The third-order valence-electron chi connectivity index (χ3n) is 1.15. The highest BCUT2D eigenvalue weighted by Crippen LogP contribution is 1.96. The van der Waals surface area contributed by atoms with E-state index in [1.54, 1.807) is 6.92 Å². The van der Waals surface area contributed by atoms with E-state index < -0.39 is 11.9 Å². The Kier molecular flexibility index (Phi) is 4.10. The lowest BCUT2D eigenvalue weighted by molar-refractivity contribution is -0.126. The molecule has 0 spiro atoms. The van der Waals surface area contributed by atoms with Gasteiger partial charge in [-0.05, 0) is 13.8 Å². The summed E-state index contributed by atoms with van der Waals surface area (Å²) in [5, 5.41) is 2.42. The van der Waals surface area contributed by atoms with Crippen molar-refractivity contribution in [1.29, 1.82) is 0 Å². The van der Waals surface area contributed by atoms with Gasteiger partial charge in [-0.3, -0.25) is 9.59 Å². The van der Waals surface area contributed by atoms with Gasteiger partial charge in [0, 0.05) is 0 Å². The number of nitrogens with two attached hydrogens (primary N) is 1. The first-order valence-corrected chi connectivity index (χ1v) is 4.10. The minimum Gasteiger partial charge on any atom is -0.368 e. The van der Waals surface area contributed by atoms with E-state index in [0.717, 1.165) is 0 Å². The van der Waals surface area contributed by atoms with Crippen LogP contribution >= 0.6 is 15.9 Å². The van der Waals surface area contributed by atoms with Crippen molar-refractivity contribution in [3.8, 4) is 0 Å². The highest BCUT2D eigenvalue weighted by atomic mass is 79.9. The third-order valence-corrected chi connectivity index (χ3v) is 1.56. The summed E-state index contributed by atoms with van der Waals surface area (Å²) in [4.78, 5) is 21.0. The molecule has 0 aromatic heterocycles. The van der Waals surface area contributed by atoms with Gasteiger partial charge >= 0.3 is 0 Å². The van der Waals surface area contributed by atoms with Crippen molar-refractivity contribution in [3.05, 3.63) is 0 Å². The fourth-order valence-corrected chi connectivity index (χ4v) is 0.532. The van der Waals surface area contributed by atoms with Gasteiger partial charge < -0.3 is 11.1 Å². The van der Waals surface area contributed by atoms with E-state index in [-0.39, 0.29) is 10.7 Å². The maximum absolute atomic E-state index is 10.9. The molecule has 0 aliphatic carbocycles. The number of carbonyl (C=O) groups is 2. The second-order valence-corrected chi connectivity index (χ2v) is 3.62. The van der Waals surface area contributed by atoms with E-state index in [4.69, 9.17) is 5.73 Å². The second kappa shape index (κ2) is 4.33. The zero-order valence-electron chi connectivity index (χ0n) is 6.43. The Morgan fingerprint density at radius 3 is 2.18 bits per heavy atom. The molecule has 64 valence electrons. The molecule has 0 bridgehead atoms. The van der Waals surface area contributed by atoms with E-state index in [9.17, 15) is 9.59 Å². The molecule has 4 nitrogen and oxygen atoms in total. The maximum Gasteiger partial charge on any atom is 0.239 e. The van der Waals surface area contributed by atoms with E-state index in [2.05, 4.69) is 21.2 Å². The summed E-state index contributed by atoms with van der Waals surface area (Å²) < 4.78 is 0. The Balaban J connectivity index is 3.85. The monoisotopic (exact) mass is 222 g/mol. The molecule has 5 heteroatoms. The predicted molar refractivity (Wildman–Crippen MR) is 45.2 cm³/mol. The summed E-state index contributed by atoms with van der Waals surface area (Å²) in [7, 11) is 0. The molecule has 0 aromatic carbocycles. The Hall–Kier alpha value is -0.580. The first kappa shape index (κ1) is 10.4.